The van der Waals surface area contributed by atoms with E-state index in [-0.39, 0.29) is 6.54 Å². The summed E-state index contributed by atoms with van der Waals surface area (Å²) < 4.78 is 33.0. The van der Waals surface area contributed by atoms with E-state index >= 15 is 0 Å². The molecule has 4 rings (SSSR count). The quantitative estimate of drug-likeness (QED) is 0.416. The van der Waals surface area contributed by atoms with Gasteiger partial charge in [0.2, 0.25) is 5.91 Å². The number of hydrogen-bond acceptors (Lipinski definition) is 6. The standard InChI is InChI=1S/C25H23F2N5O2/c1-25(2,24(28)33)13-30-23-17-9-16(14-6-7-18(26)19(27)10-14)11-20(34-3)21(17)31-22(32-23)15-5-4-8-29-12-15/h4-12H,13H2,1-3H3,(H2,28,33)(H,30,31,32). The monoisotopic (exact) mass is 463 g/mol. The van der Waals surface area contributed by atoms with Gasteiger partial charge in [0.25, 0.3) is 0 Å². The van der Waals surface area contributed by atoms with Gasteiger partial charge in [-0.1, -0.05) is 6.07 Å². The number of amides is 1. The summed E-state index contributed by atoms with van der Waals surface area (Å²) in [6, 6.07) is 10.7. The molecule has 0 aliphatic carbocycles. The normalized spacial score (nSPS) is 11.4. The van der Waals surface area contributed by atoms with Crippen LogP contribution in [0.3, 0.4) is 0 Å². The fourth-order valence-electron chi connectivity index (χ4n) is 3.35. The molecule has 34 heavy (non-hydrogen) atoms. The van der Waals surface area contributed by atoms with Crippen molar-refractivity contribution < 1.29 is 18.3 Å². The first-order valence-corrected chi connectivity index (χ1v) is 10.5. The molecule has 2 heterocycles. The van der Waals surface area contributed by atoms with Crippen LogP contribution in [0, 0.1) is 17.0 Å². The summed E-state index contributed by atoms with van der Waals surface area (Å²) in [5, 5.41) is 3.78. The summed E-state index contributed by atoms with van der Waals surface area (Å²) in [4.78, 5) is 25.3. The van der Waals surface area contributed by atoms with Crippen molar-refractivity contribution in [2.75, 3.05) is 19.0 Å². The van der Waals surface area contributed by atoms with Crippen LogP contribution in [0.25, 0.3) is 33.4 Å². The first kappa shape index (κ1) is 23.0. The maximum Gasteiger partial charge on any atom is 0.224 e. The Bertz CT molecular complexity index is 1380. The maximum atomic E-state index is 13.9. The highest BCUT2D eigenvalue weighted by Crippen LogP contribution is 2.36. The van der Waals surface area contributed by atoms with Crippen LogP contribution in [-0.2, 0) is 4.79 Å². The van der Waals surface area contributed by atoms with E-state index < -0.39 is 23.0 Å². The van der Waals surface area contributed by atoms with Gasteiger partial charge in [0, 0.05) is 29.9 Å². The lowest BCUT2D eigenvalue weighted by Crippen LogP contribution is -2.37. The van der Waals surface area contributed by atoms with E-state index in [0.29, 0.717) is 45.0 Å². The van der Waals surface area contributed by atoms with Crippen molar-refractivity contribution in [1.82, 2.24) is 15.0 Å². The van der Waals surface area contributed by atoms with Crippen LogP contribution in [0.2, 0.25) is 0 Å². The van der Waals surface area contributed by atoms with Gasteiger partial charge in [-0.05, 0) is 61.4 Å². The number of carbonyl (C=O) groups excluding carboxylic acids is 1. The summed E-state index contributed by atoms with van der Waals surface area (Å²) in [5.74, 6) is -1.11. The summed E-state index contributed by atoms with van der Waals surface area (Å²) in [5.41, 5.74) is 6.91. The molecule has 0 spiro atoms. The number of ether oxygens (including phenoxy) is 1. The zero-order valence-electron chi connectivity index (χ0n) is 18.9. The van der Waals surface area contributed by atoms with Gasteiger partial charge in [0.15, 0.2) is 17.5 Å². The van der Waals surface area contributed by atoms with Crippen molar-refractivity contribution in [2.45, 2.75) is 13.8 Å². The third kappa shape index (κ3) is 4.50. The summed E-state index contributed by atoms with van der Waals surface area (Å²) in [6.45, 7) is 3.65. The molecule has 4 aromatic rings. The van der Waals surface area contributed by atoms with Crippen LogP contribution in [0.5, 0.6) is 5.75 Å². The molecule has 1 amide bonds. The Labute approximate surface area is 195 Å². The van der Waals surface area contributed by atoms with Gasteiger partial charge < -0.3 is 15.8 Å². The van der Waals surface area contributed by atoms with Crippen LogP contribution in [-0.4, -0.2) is 34.5 Å². The molecule has 0 atom stereocenters. The van der Waals surface area contributed by atoms with E-state index in [1.807, 2.05) is 6.07 Å². The topological polar surface area (TPSA) is 103 Å². The van der Waals surface area contributed by atoms with Gasteiger partial charge >= 0.3 is 0 Å². The number of fused-ring (bicyclic) bond motifs is 1. The molecule has 0 saturated heterocycles. The summed E-state index contributed by atoms with van der Waals surface area (Å²) in [6.07, 6.45) is 3.29. The zero-order chi connectivity index (χ0) is 24.5. The van der Waals surface area contributed by atoms with Gasteiger partial charge in [-0.2, -0.15) is 0 Å². The van der Waals surface area contributed by atoms with E-state index in [1.54, 1.807) is 44.4 Å². The molecular formula is C25H23F2N5O2. The van der Waals surface area contributed by atoms with E-state index in [1.165, 1.54) is 13.2 Å². The molecule has 0 radical (unpaired) electrons. The number of anilines is 1. The maximum absolute atomic E-state index is 13.9. The second kappa shape index (κ2) is 9.01. The number of benzene rings is 2. The van der Waals surface area contributed by atoms with E-state index in [2.05, 4.69) is 20.3 Å². The number of hydrogen-bond donors (Lipinski definition) is 2. The number of methoxy groups -OCH3 is 1. The molecular weight excluding hydrogens is 440 g/mol. The average Bonchev–Trinajstić information content (AvgIpc) is 2.83. The molecule has 0 aliphatic heterocycles. The number of rotatable bonds is 7. The van der Waals surface area contributed by atoms with E-state index in [4.69, 9.17) is 10.5 Å². The van der Waals surface area contributed by atoms with Crippen molar-refractivity contribution >= 4 is 22.6 Å². The molecule has 7 nitrogen and oxygen atoms in total. The molecule has 0 bridgehead atoms. The first-order valence-electron chi connectivity index (χ1n) is 10.5. The van der Waals surface area contributed by atoms with Gasteiger partial charge in [0.05, 0.1) is 12.5 Å². The number of primary amides is 1. The fraction of sp³-hybridized carbons (Fsp3) is 0.200. The van der Waals surface area contributed by atoms with Crippen molar-refractivity contribution in [3.05, 3.63) is 66.5 Å². The van der Waals surface area contributed by atoms with Crippen LogP contribution < -0.4 is 15.8 Å². The number of carbonyl (C=O) groups is 1. The second-order valence-electron chi connectivity index (χ2n) is 8.44. The molecule has 0 unspecified atom stereocenters. The lowest BCUT2D eigenvalue weighted by molar-refractivity contribution is -0.125. The third-order valence-corrected chi connectivity index (χ3v) is 5.52. The molecule has 3 N–H and O–H groups in total. The van der Waals surface area contributed by atoms with Crippen molar-refractivity contribution in [3.8, 4) is 28.3 Å². The smallest absolute Gasteiger partial charge is 0.224 e. The highest BCUT2D eigenvalue weighted by atomic mass is 19.2. The van der Waals surface area contributed by atoms with Crippen LogP contribution >= 0.6 is 0 Å². The van der Waals surface area contributed by atoms with Crippen molar-refractivity contribution in [2.24, 2.45) is 11.1 Å². The number of nitrogens with one attached hydrogen (secondary N) is 1. The highest BCUT2D eigenvalue weighted by molar-refractivity contribution is 5.98. The number of aromatic nitrogens is 3. The molecule has 0 saturated carbocycles. The Kier molecular flexibility index (Phi) is 6.10. The number of pyridine rings is 1. The minimum absolute atomic E-state index is 0.207. The lowest BCUT2D eigenvalue weighted by Gasteiger charge is -2.22. The van der Waals surface area contributed by atoms with Gasteiger partial charge in [0.1, 0.15) is 17.1 Å². The van der Waals surface area contributed by atoms with Crippen molar-refractivity contribution in [1.29, 1.82) is 0 Å². The summed E-state index contributed by atoms with van der Waals surface area (Å²) in [7, 11) is 1.50. The fourth-order valence-corrected chi connectivity index (χ4v) is 3.35. The minimum atomic E-state index is -0.957. The predicted octanol–water partition coefficient (Wildman–Crippen LogP) is 4.57. The Morgan fingerprint density at radius 1 is 1.06 bits per heavy atom. The van der Waals surface area contributed by atoms with Gasteiger partial charge in [-0.3, -0.25) is 9.78 Å². The third-order valence-electron chi connectivity index (χ3n) is 5.52. The molecule has 9 heteroatoms. The lowest BCUT2D eigenvalue weighted by atomic mass is 9.92. The summed E-state index contributed by atoms with van der Waals surface area (Å²) >= 11 is 0. The average molecular weight is 463 g/mol. The Balaban J connectivity index is 1.93. The number of nitrogens with zero attached hydrogens (tertiary/aromatic N) is 3. The van der Waals surface area contributed by atoms with Gasteiger partial charge in [-0.15, -0.1) is 0 Å². The Morgan fingerprint density at radius 2 is 1.85 bits per heavy atom. The first-order chi connectivity index (χ1) is 16.2. The van der Waals surface area contributed by atoms with Crippen LogP contribution in [0.1, 0.15) is 13.8 Å². The molecule has 0 aliphatic rings. The van der Waals surface area contributed by atoms with Crippen molar-refractivity contribution in [3.63, 3.8) is 0 Å². The van der Waals surface area contributed by atoms with Crippen LogP contribution in [0.4, 0.5) is 14.6 Å². The predicted molar refractivity (Wildman–Crippen MR) is 126 cm³/mol. The Morgan fingerprint density at radius 3 is 2.50 bits per heavy atom. The second-order valence-corrected chi connectivity index (χ2v) is 8.44. The molecule has 174 valence electrons. The minimum Gasteiger partial charge on any atom is -0.494 e. The van der Waals surface area contributed by atoms with Gasteiger partial charge in [-0.25, -0.2) is 18.7 Å². The molecule has 0 fully saturated rings. The van der Waals surface area contributed by atoms with Crippen LogP contribution in [0.15, 0.2) is 54.9 Å². The molecule has 2 aromatic carbocycles. The SMILES string of the molecule is COc1cc(-c2ccc(F)c(F)c2)cc2c(NCC(C)(C)C(N)=O)nc(-c3cccnc3)nc12. The Hall–Kier alpha value is -4.14. The van der Waals surface area contributed by atoms with E-state index in [0.717, 1.165) is 12.1 Å². The number of nitrogens with two attached hydrogens (primary N) is 1. The number of halogens is 2. The largest absolute Gasteiger partial charge is 0.494 e. The van der Waals surface area contributed by atoms with E-state index in [9.17, 15) is 13.6 Å². The highest BCUT2D eigenvalue weighted by Gasteiger charge is 2.26. The molecule has 2 aromatic heterocycles. The zero-order valence-corrected chi connectivity index (χ0v) is 18.9.